The predicted octanol–water partition coefficient (Wildman–Crippen LogP) is 5.49. The van der Waals surface area contributed by atoms with Gasteiger partial charge in [0, 0.05) is 10.6 Å². The molecule has 2 aromatic rings. The molecule has 0 radical (unpaired) electrons. The molecule has 0 atom stereocenters. The van der Waals surface area contributed by atoms with Crippen LogP contribution in [0.1, 0.15) is 12.5 Å². The average molecular weight is 344 g/mol. The van der Waals surface area contributed by atoms with Crippen molar-refractivity contribution in [3.8, 4) is 5.75 Å². The minimum atomic E-state index is 0.412. The second kappa shape index (κ2) is 7.03. The summed E-state index contributed by atoms with van der Waals surface area (Å²) in [5.74, 6) is 0.768. The summed E-state index contributed by atoms with van der Waals surface area (Å²) in [6.07, 6.45) is 0. The molecule has 6 heteroatoms. The number of benzene rings is 2. The van der Waals surface area contributed by atoms with Gasteiger partial charge in [0.1, 0.15) is 5.75 Å². The Bertz CT molecular complexity index is 663. The molecule has 3 nitrogen and oxygen atoms in total. The van der Waals surface area contributed by atoms with Crippen LogP contribution in [0.15, 0.2) is 41.5 Å². The molecule has 0 saturated carbocycles. The normalized spacial score (nSPS) is 11.4. The van der Waals surface area contributed by atoms with Crippen LogP contribution >= 0.6 is 34.8 Å². The van der Waals surface area contributed by atoms with Gasteiger partial charge in [-0.05, 0) is 31.2 Å². The molecule has 0 aliphatic heterocycles. The van der Waals surface area contributed by atoms with Crippen LogP contribution < -0.4 is 10.2 Å². The van der Waals surface area contributed by atoms with Crippen LogP contribution in [0.25, 0.3) is 0 Å². The first-order valence-corrected chi connectivity index (χ1v) is 7.24. The maximum atomic E-state index is 6.09. The molecule has 0 fully saturated rings. The summed E-state index contributed by atoms with van der Waals surface area (Å²) >= 11 is 18.1. The maximum Gasteiger partial charge on any atom is 0.119 e. The van der Waals surface area contributed by atoms with Gasteiger partial charge in [0.15, 0.2) is 0 Å². The smallest absolute Gasteiger partial charge is 0.119 e. The van der Waals surface area contributed by atoms with Crippen molar-refractivity contribution in [3.05, 3.63) is 57.0 Å². The minimum Gasteiger partial charge on any atom is -0.497 e. The molecule has 110 valence electrons. The lowest BCUT2D eigenvalue weighted by atomic mass is 10.1. The van der Waals surface area contributed by atoms with Gasteiger partial charge < -0.3 is 4.74 Å². The highest BCUT2D eigenvalue weighted by Gasteiger charge is 2.07. The molecule has 0 amide bonds. The zero-order valence-electron chi connectivity index (χ0n) is 11.5. The van der Waals surface area contributed by atoms with E-state index in [4.69, 9.17) is 39.5 Å². The Labute approximate surface area is 138 Å². The molecule has 0 aliphatic carbocycles. The third kappa shape index (κ3) is 4.03. The second-order valence-corrected chi connectivity index (χ2v) is 5.54. The van der Waals surface area contributed by atoms with E-state index in [0.29, 0.717) is 20.8 Å². The zero-order chi connectivity index (χ0) is 15.4. The van der Waals surface area contributed by atoms with Crippen LogP contribution in [0.5, 0.6) is 5.75 Å². The largest absolute Gasteiger partial charge is 0.497 e. The predicted molar refractivity (Wildman–Crippen MR) is 90.3 cm³/mol. The first kappa shape index (κ1) is 16.0. The summed E-state index contributed by atoms with van der Waals surface area (Å²) in [4.78, 5) is 0. The van der Waals surface area contributed by atoms with Crippen LogP contribution in [0.4, 0.5) is 5.69 Å². The first-order chi connectivity index (χ1) is 10.0. The number of rotatable bonds is 4. The van der Waals surface area contributed by atoms with Crippen molar-refractivity contribution in [2.45, 2.75) is 6.92 Å². The van der Waals surface area contributed by atoms with Gasteiger partial charge in [0.2, 0.25) is 0 Å². The fourth-order valence-electron chi connectivity index (χ4n) is 1.70. The molecular formula is C15H13Cl3N2O. The Morgan fingerprint density at radius 3 is 2.38 bits per heavy atom. The SMILES string of the molecule is COc1cccc(/C(C)=N/Nc2c(Cl)cc(Cl)cc2Cl)c1. The van der Waals surface area contributed by atoms with E-state index >= 15 is 0 Å². The summed E-state index contributed by atoms with van der Waals surface area (Å²) in [5, 5.41) is 5.59. The first-order valence-electron chi connectivity index (χ1n) is 6.10. The monoisotopic (exact) mass is 342 g/mol. The number of methoxy groups -OCH3 is 1. The Morgan fingerprint density at radius 2 is 1.76 bits per heavy atom. The van der Waals surface area contributed by atoms with Gasteiger partial charge in [-0.2, -0.15) is 5.10 Å². The molecule has 1 N–H and O–H groups in total. The van der Waals surface area contributed by atoms with Crippen molar-refractivity contribution < 1.29 is 4.74 Å². The van der Waals surface area contributed by atoms with Crippen LogP contribution in [-0.4, -0.2) is 12.8 Å². The highest BCUT2D eigenvalue weighted by molar-refractivity contribution is 6.41. The van der Waals surface area contributed by atoms with Gasteiger partial charge in [-0.15, -0.1) is 0 Å². The lowest BCUT2D eigenvalue weighted by Crippen LogP contribution is -2.01. The molecule has 0 bridgehead atoms. The number of hydrazone groups is 1. The van der Waals surface area contributed by atoms with E-state index in [0.717, 1.165) is 17.0 Å². The van der Waals surface area contributed by atoms with Gasteiger partial charge in [-0.1, -0.05) is 46.9 Å². The van der Waals surface area contributed by atoms with Gasteiger partial charge in [-0.3, -0.25) is 5.43 Å². The van der Waals surface area contributed by atoms with Gasteiger partial charge in [-0.25, -0.2) is 0 Å². The Hall–Kier alpha value is -1.42. The van der Waals surface area contributed by atoms with Crippen molar-refractivity contribution >= 4 is 46.2 Å². The van der Waals surface area contributed by atoms with Crippen molar-refractivity contribution in [2.24, 2.45) is 5.10 Å². The summed E-state index contributed by atoms with van der Waals surface area (Å²) in [6, 6.07) is 10.8. The Kier molecular flexibility index (Phi) is 5.34. The van der Waals surface area contributed by atoms with E-state index in [1.54, 1.807) is 19.2 Å². The van der Waals surface area contributed by atoms with E-state index in [1.807, 2.05) is 31.2 Å². The highest BCUT2D eigenvalue weighted by Crippen LogP contribution is 2.33. The molecule has 2 aromatic carbocycles. The number of nitrogens with zero attached hydrogens (tertiary/aromatic N) is 1. The topological polar surface area (TPSA) is 33.6 Å². The molecular weight excluding hydrogens is 331 g/mol. The molecule has 0 unspecified atom stereocenters. The number of ether oxygens (including phenoxy) is 1. The standard InChI is InChI=1S/C15H13Cl3N2O/c1-9(10-4-3-5-12(6-10)21-2)19-20-15-13(17)7-11(16)8-14(15)18/h3-8,20H,1-2H3/b19-9+. The maximum absolute atomic E-state index is 6.09. The third-order valence-electron chi connectivity index (χ3n) is 2.83. The average Bonchev–Trinajstić information content (AvgIpc) is 2.46. The summed E-state index contributed by atoms with van der Waals surface area (Å²) in [7, 11) is 1.62. The van der Waals surface area contributed by atoms with E-state index in [1.165, 1.54) is 0 Å². The van der Waals surface area contributed by atoms with Crippen LogP contribution in [0, 0.1) is 0 Å². The molecule has 0 heterocycles. The fraction of sp³-hybridized carbons (Fsp3) is 0.133. The van der Waals surface area contributed by atoms with Crippen molar-refractivity contribution in [1.82, 2.24) is 0 Å². The quantitative estimate of drug-likeness (QED) is 0.588. The third-order valence-corrected chi connectivity index (χ3v) is 3.64. The number of hydrogen-bond acceptors (Lipinski definition) is 3. The number of halogens is 3. The van der Waals surface area contributed by atoms with E-state index in [9.17, 15) is 0 Å². The van der Waals surface area contributed by atoms with E-state index in [2.05, 4.69) is 10.5 Å². The van der Waals surface area contributed by atoms with Crippen LogP contribution in [-0.2, 0) is 0 Å². The zero-order valence-corrected chi connectivity index (χ0v) is 13.7. The molecule has 21 heavy (non-hydrogen) atoms. The van der Waals surface area contributed by atoms with Crippen molar-refractivity contribution in [3.63, 3.8) is 0 Å². The van der Waals surface area contributed by atoms with E-state index < -0.39 is 0 Å². The Morgan fingerprint density at radius 1 is 1.10 bits per heavy atom. The summed E-state index contributed by atoms with van der Waals surface area (Å²) in [5.41, 5.74) is 5.09. The van der Waals surface area contributed by atoms with Crippen LogP contribution in [0.2, 0.25) is 15.1 Å². The fourth-order valence-corrected chi connectivity index (χ4v) is 2.60. The highest BCUT2D eigenvalue weighted by atomic mass is 35.5. The summed E-state index contributed by atoms with van der Waals surface area (Å²) < 4.78 is 5.19. The minimum absolute atomic E-state index is 0.412. The summed E-state index contributed by atoms with van der Waals surface area (Å²) in [6.45, 7) is 1.87. The molecule has 2 rings (SSSR count). The lowest BCUT2D eigenvalue weighted by Gasteiger charge is -2.09. The van der Waals surface area contributed by atoms with E-state index in [-0.39, 0.29) is 0 Å². The molecule has 0 saturated heterocycles. The number of anilines is 1. The second-order valence-electron chi connectivity index (χ2n) is 4.29. The molecule has 0 spiro atoms. The van der Waals surface area contributed by atoms with Gasteiger partial charge >= 0.3 is 0 Å². The van der Waals surface area contributed by atoms with Crippen LogP contribution in [0.3, 0.4) is 0 Å². The number of hydrogen-bond donors (Lipinski definition) is 1. The van der Waals surface area contributed by atoms with Crippen molar-refractivity contribution in [2.75, 3.05) is 12.5 Å². The van der Waals surface area contributed by atoms with Crippen molar-refractivity contribution in [1.29, 1.82) is 0 Å². The number of nitrogens with one attached hydrogen (secondary N) is 1. The lowest BCUT2D eigenvalue weighted by molar-refractivity contribution is 0.414. The Balaban J connectivity index is 2.24. The molecule has 0 aromatic heterocycles. The van der Waals surface area contributed by atoms with Gasteiger partial charge in [0.05, 0.1) is 28.6 Å². The molecule has 0 aliphatic rings. The van der Waals surface area contributed by atoms with Gasteiger partial charge in [0.25, 0.3) is 0 Å².